The van der Waals surface area contributed by atoms with Gasteiger partial charge in [0.25, 0.3) is 0 Å². The topological polar surface area (TPSA) is 16.1 Å². The summed E-state index contributed by atoms with van der Waals surface area (Å²) < 4.78 is 36.1. The van der Waals surface area contributed by atoms with Crippen LogP contribution in [0.4, 0.5) is 12.9 Å². The van der Waals surface area contributed by atoms with Gasteiger partial charge in [-0.1, -0.05) is 6.07 Å². The van der Waals surface area contributed by atoms with E-state index in [1.54, 1.807) is 12.3 Å². The Labute approximate surface area is 87.2 Å². The van der Waals surface area contributed by atoms with Gasteiger partial charge in [-0.05, 0) is 25.6 Å². The number of halogens is 3. The zero-order valence-corrected chi connectivity index (χ0v) is 8.54. The standard InChI is InChI=1S/C9H13BF3N2/c1-15(8-10(11,12)13)7-5-9-4-2-3-6-14-9/h2-4,6H,5,7-8H2,1H3/q-1. The summed E-state index contributed by atoms with van der Waals surface area (Å²) >= 11 is 0. The van der Waals surface area contributed by atoms with Crippen molar-refractivity contribution < 1.29 is 12.9 Å². The Hall–Kier alpha value is -1.04. The summed E-state index contributed by atoms with van der Waals surface area (Å²) in [5.41, 5.74) is 0.819. The summed E-state index contributed by atoms with van der Waals surface area (Å²) in [6.45, 7) is -4.35. The van der Waals surface area contributed by atoms with E-state index in [0.717, 1.165) is 5.69 Å². The molecule has 0 radical (unpaired) electrons. The summed E-state index contributed by atoms with van der Waals surface area (Å²) in [5, 5.41) is 0. The second kappa shape index (κ2) is 5.16. The van der Waals surface area contributed by atoms with E-state index in [1.807, 2.05) is 12.1 Å². The van der Waals surface area contributed by atoms with Gasteiger partial charge in [-0.15, -0.1) is 0 Å². The molecule has 1 rings (SSSR count). The van der Waals surface area contributed by atoms with Crippen molar-refractivity contribution >= 4 is 6.98 Å². The number of hydrogen-bond donors (Lipinski definition) is 0. The average Bonchev–Trinajstić information content (AvgIpc) is 2.14. The second-order valence-corrected chi connectivity index (χ2v) is 3.54. The van der Waals surface area contributed by atoms with Gasteiger partial charge in [0, 0.05) is 24.9 Å². The van der Waals surface area contributed by atoms with E-state index in [-0.39, 0.29) is 0 Å². The monoisotopic (exact) mass is 217 g/mol. The predicted octanol–water partition coefficient (Wildman–Crippen LogP) is 1.94. The summed E-state index contributed by atoms with van der Waals surface area (Å²) in [6.07, 6.45) is 1.37. The van der Waals surface area contributed by atoms with Crippen molar-refractivity contribution in [1.29, 1.82) is 0 Å². The molecule has 0 aliphatic heterocycles. The van der Waals surface area contributed by atoms with Gasteiger partial charge in [0.05, 0.1) is 0 Å². The van der Waals surface area contributed by atoms with E-state index in [0.29, 0.717) is 13.0 Å². The second-order valence-electron chi connectivity index (χ2n) is 3.54. The average molecular weight is 217 g/mol. The van der Waals surface area contributed by atoms with Gasteiger partial charge in [0.2, 0.25) is 0 Å². The van der Waals surface area contributed by atoms with Crippen molar-refractivity contribution in [3.63, 3.8) is 0 Å². The molecule has 0 saturated carbocycles. The van der Waals surface area contributed by atoms with Crippen molar-refractivity contribution in [2.75, 3.05) is 20.0 Å². The molecule has 2 nitrogen and oxygen atoms in total. The highest BCUT2D eigenvalue weighted by Crippen LogP contribution is 2.09. The van der Waals surface area contributed by atoms with Crippen molar-refractivity contribution in [2.24, 2.45) is 0 Å². The lowest BCUT2D eigenvalue weighted by Gasteiger charge is -2.23. The SMILES string of the molecule is CN(CCc1ccccn1)C[B-](F)(F)F. The van der Waals surface area contributed by atoms with Crippen LogP contribution < -0.4 is 0 Å². The summed E-state index contributed by atoms with van der Waals surface area (Å²) in [5.74, 6) is 0. The Morgan fingerprint density at radius 1 is 1.33 bits per heavy atom. The fourth-order valence-corrected chi connectivity index (χ4v) is 1.30. The van der Waals surface area contributed by atoms with Crippen LogP contribution in [0.3, 0.4) is 0 Å². The lowest BCUT2D eigenvalue weighted by Crippen LogP contribution is -2.36. The Morgan fingerprint density at radius 2 is 2.07 bits per heavy atom. The molecule has 6 heteroatoms. The fourth-order valence-electron chi connectivity index (χ4n) is 1.30. The van der Waals surface area contributed by atoms with E-state index >= 15 is 0 Å². The van der Waals surface area contributed by atoms with Crippen LogP contribution in [0.15, 0.2) is 24.4 Å². The normalized spacial score (nSPS) is 12.1. The van der Waals surface area contributed by atoms with Crippen LogP contribution in [0.25, 0.3) is 0 Å². The molecule has 0 fully saturated rings. The van der Waals surface area contributed by atoms with Gasteiger partial charge >= 0.3 is 6.98 Å². The molecule has 1 aromatic rings. The number of aromatic nitrogens is 1. The van der Waals surface area contributed by atoms with Crippen LogP contribution >= 0.6 is 0 Å². The molecule has 0 aliphatic rings. The lowest BCUT2D eigenvalue weighted by molar-refractivity contribution is 0.330. The molecule has 15 heavy (non-hydrogen) atoms. The van der Waals surface area contributed by atoms with E-state index in [1.165, 1.54) is 11.9 Å². The van der Waals surface area contributed by atoms with Crippen LogP contribution in [0.2, 0.25) is 0 Å². The molecule has 1 aromatic heterocycles. The Morgan fingerprint density at radius 3 is 2.60 bits per heavy atom. The third-order valence-corrected chi connectivity index (χ3v) is 1.99. The van der Waals surface area contributed by atoms with Crippen LogP contribution in [-0.2, 0) is 6.42 Å². The highest BCUT2D eigenvalue weighted by Gasteiger charge is 2.24. The first-order chi connectivity index (χ1) is 6.97. The largest absolute Gasteiger partial charge is 0.492 e. The summed E-state index contributed by atoms with van der Waals surface area (Å²) in [7, 11) is 1.47. The minimum absolute atomic E-state index is 0.373. The molecule has 0 bridgehead atoms. The van der Waals surface area contributed by atoms with E-state index in [2.05, 4.69) is 4.98 Å². The first-order valence-corrected chi connectivity index (χ1v) is 4.77. The molecular weight excluding hydrogens is 204 g/mol. The molecule has 1 heterocycles. The number of hydrogen-bond acceptors (Lipinski definition) is 2. The minimum atomic E-state index is -4.72. The van der Waals surface area contributed by atoms with Crippen molar-refractivity contribution in [3.05, 3.63) is 30.1 Å². The maximum absolute atomic E-state index is 12.0. The predicted molar refractivity (Wildman–Crippen MR) is 54.5 cm³/mol. The first kappa shape index (κ1) is 12.0. The van der Waals surface area contributed by atoms with Crippen molar-refractivity contribution in [2.45, 2.75) is 6.42 Å². The van der Waals surface area contributed by atoms with Crippen LogP contribution in [0, 0.1) is 0 Å². The van der Waals surface area contributed by atoms with E-state index in [4.69, 9.17) is 0 Å². The quantitative estimate of drug-likeness (QED) is 0.700. The zero-order chi connectivity index (χ0) is 11.3. The highest BCUT2D eigenvalue weighted by molar-refractivity contribution is 6.58. The van der Waals surface area contributed by atoms with Crippen LogP contribution in [0.1, 0.15) is 5.69 Å². The van der Waals surface area contributed by atoms with Crippen LogP contribution in [-0.4, -0.2) is 36.9 Å². The number of nitrogens with zero attached hydrogens (tertiary/aromatic N) is 2. The van der Waals surface area contributed by atoms with E-state index in [9.17, 15) is 12.9 Å². The molecule has 0 aromatic carbocycles. The van der Waals surface area contributed by atoms with Crippen LogP contribution in [0.5, 0.6) is 0 Å². The third-order valence-electron chi connectivity index (χ3n) is 1.99. The molecule has 0 saturated heterocycles. The number of pyridine rings is 1. The fraction of sp³-hybridized carbons (Fsp3) is 0.444. The third kappa shape index (κ3) is 5.42. The molecule has 0 aliphatic carbocycles. The van der Waals surface area contributed by atoms with Gasteiger partial charge in [-0.25, -0.2) is 0 Å². The molecule has 0 spiro atoms. The van der Waals surface area contributed by atoms with Crippen molar-refractivity contribution in [3.8, 4) is 0 Å². The summed E-state index contributed by atoms with van der Waals surface area (Å²) in [6, 6.07) is 5.43. The molecule has 0 amide bonds. The highest BCUT2D eigenvalue weighted by atomic mass is 19.4. The van der Waals surface area contributed by atoms with Gasteiger partial charge in [-0.2, -0.15) is 0 Å². The van der Waals surface area contributed by atoms with Crippen molar-refractivity contribution in [1.82, 2.24) is 9.88 Å². The Bertz CT molecular complexity index is 289. The molecule has 84 valence electrons. The van der Waals surface area contributed by atoms with E-state index < -0.39 is 13.4 Å². The maximum atomic E-state index is 12.0. The van der Waals surface area contributed by atoms with Gasteiger partial charge < -0.3 is 17.8 Å². The minimum Gasteiger partial charge on any atom is -0.448 e. The maximum Gasteiger partial charge on any atom is 0.492 e. The lowest BCUT2D eigenvalue weighted by atomic mass is 9.91. The number of rotatable bonds is 5. The Kier molecular flexibility index (Phi) is 4.14. The first-order valence-electron chi connectivity index (χ1n) is 4.77. The van der Waals surface area contributed by atoms with Gasteiger partial charge in [0.1, 0.15) is 0 Å². The van der Waals surface area contributed by atoms with Gasteiger partial charge in [-0.3, -0.25) is 4.98 Å². The zero-order valence-electron chi connectivity index (χ0n) is 8.54. The number of likely N-dealkylation sites (N-methyl/N-ethyl adjacent to an activating group) is 1. The van der Waals surface area contributed by atoms with Gasteiger partial charge in [0.15, 0.2) is 0 Å². The molecular formula is C9H13BF3N2-. The molecule has 0 atom stereocenters. The molecule has 0 unspecified atom stereocenters. The summed E-state index contributed by atoms with van der Waals surface area (Å²) in [4.78, 5) is 5.32. The Balaban J connectivity index is 2.32. The smallest absolute Gasteiger partial charge is 0.448 e. The molecule has 0 N–H and O–H groups in total.